The number of esters is 1. The van der Waals surface area contributed by atoms with Gasteiger partial charge in [-0.05, 0) is 68.1 Å². The van der Waals surface area contributed by atoms with Gasteiger partial charge in [0.2, 0.25) is 11.8 Å². The molecule has 0 unspecified atom stereocenters. The summed E-state index contributed by atoms with van der Waals surface area (Å²) in [6.45, 7) is 3.36. The summed E-state index contributed by atoms with van der Waals surface area (Å²) in [6.07, 6.45) is 0.664. The number of nitrogens with one attached hydrogen (secondary N) is 1. The second-order valence-electron chi connectivity index (χ2n) is 8.78. The lowest BCUT2D eigenvalue weighted by Crippen LogP contribution is -2.34. The van der Waals surface area contributed by atoms with Crippen molar-refractivity contribution in [1.29, 1.82) is 0 Å². The summed E-state index contributed by atoms with van der Waals surface area (Å²) in [6, 6.07) is 11.7. The molecule has 0 radical (unpaired) electrons. The number of amides is 3. The van der Waals surface area contributed by atoms with Crippen LogP contribution in [0.25, 0.3) is 0 Å². The lowest BCUT2D eigenvalue weighted by Gasteiger charge is -2.28. The molecule has 34 heavy (non-hydrogen) atoms. The number of carbonyl (C=O) groups is 4. The number of rotatable bonds is 5. The molecule has 4 rings (SSSR count). The van der Waals surface area contributed by atoms with Crippen LogP contribution >= 0.6 is 23.2 Å². The number of ether oxygens (including phenoxy) is 1. The SMILES string of the molecule is Cc1cc(C)cc(NC(=O)COC(=O)c2cccc(N3C(=O)[C@H]4C[C@@H](Cl)[C@@H](Cl)C[C@H]4C3=O)c2)c1. The zero-order chi connectivity index (χ0) is 24.6. The van der Waals surface area contributed by atoms with E-state index >= 15 is 0 Å². The number of imide groups is 1. The molecule has 1 heterocycles. The summed E-state index contributed by atoms with van der Waals surface area (Å²) < 4.78 is 5.14. The lowest BCUT2D eigenvalue weighted by molar-refractivity contribution is -0.122. The van der Waals surface area contributed by atoms with Crippen LogP contribution in [0.3, 0.4) is 0 Å². The van der Waals surface area contributed by atoms with Gasteiger partial charge >= 0.3 is 5.97 Å². The van der Waals surface area contributed by atoms with Crippen LogP contribution in [0.15, 0.2) is 42.5 Å². The topological polar surface area (TPSA) is 92.8 Å². The second kappa shape index (κ2) is 9.76. The van der Waals surface area contributed by atoms with Gasteiger partial charge in [-0.1, -0.05) is 12.1 Å². The smallest absolute Gasteiger partial charge is 0.338 e. The normalized spacial score (nSPS) is 24.1. The van der Waals surface area contributed by atoms with Crippen LogP contribution in [-0.4, -0.2) is 41.1 Å². The summed E-state index contributed by atoms with van der Waals surface area (Å²) in [5.41, 5.74) is 3.01. The van der Waals surface area contributed by atoms with Crippen molar-refractivity contribution in [2.45, 2.75) is 37.4 Å². The molecule has 0 spiro atoms. The Morgan fingerprint density at radius 3 is 2.15 bits per heavy atom. The van der Waals surface area contributed by atoms with Crippen molar-refractivity contribution in [3.63, 3.8) is 0 Å². The first-order valence-electron chi connectivity index (χ1n) is 11.0. The molecule has 0 bridgehead atoms. The van der Waals surface area contributed by atoms with Gasteiger partial charge in [-0.2, -0.15) is 0 Å². The molecular weight excluding hydrogens is 479 g/mol. The summed E-state index contributed by atoms with van der Waals surface area (Å²) in [7, 11) is 0. The number of benzene rings is 2. The van der Waals surface area contributed by atoms with E-state index in [4.69, 9.17) is 27.9 Å². The monoisotopic (exact) mass is 502 g/mol. The molecule has 2 aromatic rings. The quantitative estimate of drug-likeness (QED) is 0.375. The maximum Gasteiger partial charge on any atom is 0.338 e. The zero-order valence-corrected chi connectivity index (χ0v) is 20.2. The van der Waals surface area contributed by atoms with E-state index in [1.807, 2.05) is 32.0 Å². The van der Waals surface area contributed by atoms with Crippen LogP contribution in [0.5, 0.6) is 0 Å². The average molecular weight is 503 g/mol. The first kappa shape index (κ1) is 24.2. The van der Waals surface area contributed by atoms with E-state index in [1.54, 1.807) is 12.1 Å². The minimum Gasteiger partial charge on any atom is -0.452 e. The average Bonchev–Trinajstić information content (AvgIpc) is 3.01. The fourth-order valence-electron chi connectivity index (χ4n) is 4.58. The van der Waals surface area contributed by atoms with E-state index < -0.39 is 30.3 Å². The lowest BCUT2D eigenvalue weighted by atomic mass is 9.80. The predicted molar refractivity (Wildman–Crippen MR) is 129 cm³/mol. The molecule has 1 N–H and O–H groups in total. The number of carbonyl (C=O) groups excluding carboxylic acids is 4. The van der Waals surface area contributed by atoms with Crippen molar-refractivity contribution >= 4 is 58.3 Å². The molecule has 7 nitrogen and oxygen atoms in total. The molecule has 3 amide bonds. The molecule has 9 heteroatoms. The highest BCUT2D eigenvalue weighted by atomic mass is 35.5. The van der Waals surface area contributed by atoms with E-state index in [-0.39, 0.29) is 33.8 Å². The Hall–Kier alpha value is -2.90. The fourth-order valence-corrected chi connectivity index (χ4v) is 5.17. The Kier molecular flexibility index (Phi) is 6.96. The molecule has 0 aromatic heterocycles. The number of anilines is 2. The Morgan fingerprint density at radius 1 is 0.971 bits per heavy atom. The molecule has 2 fully saturated rings. The van der Waals surface area contributed by atoms with Gasteiger partial charge in [-0.25, -0.2) is 4.79 Å². The molecule has 1 aliphatic heterocycles. The summed E-state index contributed by atoms with van der Waals surface area (Å²) in [4.78, 5) is 51.8. The largest absolute Gasteiger partial charge is 0.452 e. The Balaban J connectivity index is 1.42. The van der Waals surface area contributed by atoms with Crippen molar-refractivity contribution in [2.75, 3.05) is 16.8 Å². The van der Waals surface area contributed by atoms with E-state index in [0.29, 0.717) is 18.5 Å². The van der Waals surface area contributed by atoms with Gasteiger partial charge in [-0.15, -0.1) is 23.2 Å². The molecule has 2 aliphatic rings. The maximum atomic E-state index is 13.0. The first-order valence-corrected chi connectivity index (χ1v) is 11.8. The molecule has 2 aromatic carbocycles. The van der Waals surface area contributed by atoms with E-state index in [9.17, 15) is 19.2 Å². The predicted octanol–water partition coefficient (Wildman–Crippen LogP) is 4.21. The third-order valence-corrected chi connectivity index (χ3v) is 7.19. The Bertz CT molecular complexity index is 1120. The molecule has 1 saturated carbocycles. The van der Waals surface area contributed by atoms with Crippen molar-refractivity contribution in [2.24, 2.45) is 11.8 Å². The fraction of sp³-hybridized carbons (Fsp3) is 0.360. The number of fused-ring (bicyclic) bond motifs is 1. The van der Waals surface area contributed by atoms with Gasteiger partial charge in [0.25, 0.3) is 5.91 Å². The highest BCUT2D eigenvalue weighted by Gasteiger charge is 2.52. The van der Waals surface area contributed by atoms with Crippen molar-refractivity contribution < 1.29 is 23.9 Å². The van der Waals surface area contributed by atoms with Gasteiger partial charge in [0, 0.05) is 5.69 Å². The summed E-state index contributed by atoms with van der Waals surface area (Å²) in [5.74, 6) is -2.94. The molecular formula is C25H24Cl2N2O5. The number of aryl methyl sites for hydroxylation is 2. The highest BCUT2D eigenvalue weighted by Crippen LogP contribution is 2.43. The Labute approximate surface area is 207 Å². The van der Waals surface area contributed by atoms with Crippen LogP contribution in [0.2, 0.25) is 0 Å². The van der Waals surface area contributed by atoms with E-state index in [0.717, 1.165) is 16.0 Å². The number of hydrogen-bond acceptors (Lipinski definition) is 5. The highest BCUT2D eigenvalue weighted by molar-refractivity contribution is 6.31. The van der Waals surface area contributed by atoms with Crippen LogP contribution in [0.1, 0.15) is 34.3 Å². The second-order valence-corrected chi connectivity index (χ2v) is 9.90. The summed E-state index contributed by atoms with van der Waals surface area (Å²) >= 11 is 12.5. The van der Waals surface area contributed by atoms with Crippen LogP contribution in [0, 0.1) is 25.7 Å². The summed E-state index contributed by atoms with van der Waals surface area (Å²) in [5, 5.41) is 1.94. The maximum absolute atomic E-state index is 13.0. The minimum absolute atomic E-state index is 0.123. The van der Waals surface area contributed by atoms with Gasteiger partial charge in [0.1, 0.15) is 0 Å². The van der Waals surface area contributed by atoms with Crippen molar-refractivity contribution in [1.82, 2.24) is 0 Å². The molecule has 1 saturated heterocycles. The van der Waals surface area contributed by atoms with Crippen molar-refractivity contribution in [3.8, 4) is 0 Å². The van der Waals surface area contributed by atoms with Crippen LogP contribution in [-0.2, 0) is 19.1 Å². The zero-order valence-electron chi connectivity index (χ0n) is 18.7. The van der Waals surface area contributed by atoms with Gasteiger partial charge in [-0.3, -0.25) is 19.3 Å². The molecule has 1 aliphatic carbocycles. The van der Waals surface area contributed by atoms with Gasteiger partial charge < -0.3 is 10.1 Å². The molecule has 4 atom stereocenters. The van der Waals surface area contributed by atoms with E-state index in [2.05, 4.69) is 5.32 Å². The standard InChI is InChI=1S/C25H24Cl2N2O5/c1-13-6-14(2)8-16(7-13)28-22(30)12-34-25(33)15-4-3-5-17(9-15)29-23(31)18-10-20(26)21(27)11-19(18)24(29)32/h3-9,18-21H,10-12H2,1-2H3,(H,28,30)/t18-,19+,20+,21-. The minimum atomic E-state index is -0.740. The Morgan fingerprint density at radius 2 is 1.56 bits per heavy atom. The third-order valence-electron chi connectivity index (χ3n) is 6.09. The molecule has 178 valence electrons. The third kappa shape index (κ3) is 4.95. The van der Waals surface area contributed by atoms with Crippen LogP contribution < -0.4 is 10.2 Å². The number of hydrogen-bond donors (Lipinski definition) is 1. The van der Waals surface area contributed by atoms with Crippen LogP contribution in [0.4, 0.5) is 11.4 Å². The number of alkyl halides is 2. The van der Waals surface area contributed by atoms with Crippen molar-refractivity contribution in [3.05, 3.63) is 59.2 Å². The van der Waals surface area contributed by atoms with E-state index in [1.165, 1.54) is 12.1 Å². The van der Waals surface area contributed by atoms with Gasteiger partial charge in [0.05, 0.1) is 33.8 Å². The number of halogens is 2. The van der Waals surface area contributed by atoms with Gasteiger partial charge in [0.15, 0.2) is 6.61 Å². The first-order chi connectivity index (χ1) is 16.1. The number of nitrogens with zero attached hydrogens (tertiary/aromatic N) is 1.